The van der Waals surface area contributed by atoms with E-state index in [1.807, 2.05) is 45.0 Å². The van der Waals surface area contributed by atoms with Crippen LogP contribution in [0.2, 0.25) is 0 Å². The third-order valence-electron chi connectivity index (χ3n) is 6.22. The van der Waals surface area contributed by atoms with Gasteiger partial charge in [0.25, 0.3) is 5.91 Å². The van der Waals surface area contributed by atoms with Crippen LogP contribution in [0.3, 0.4) is 0 Å². The van der Waals surface area contributed by atoms with Crippen molar-refractivity contribution in [2.45, 2.75) is 39.5 Å². The van der Waals surface area contributed by atoms with E-state index in [1.54, 1.807) is 0 Å². The second-order valence-corrected chi connectivity index (χ2v) is 9.32. The van der Waals surface area contributed by atoms with Crippen molar-refractivity contribution in [3.63, 3.8) is 0 Å². The molecule has 2 aromatic carbocycles. The molecule has 33 heavy (non-hydrogen) atoms. The number of aryl methyl sites for hydroxylation is 1. The van der Waals surface area contributed by atoms with E-state index < -0.39 is 11.8 Å². The van der Waals surface area contributed by atoms with E-state index in [1.165, 1.54) is 29.3 Å². The van der Waals surface area contributed by atoms with Gasteiger partial charge in [-0.05, 0) is 54.2 Å². The summed E-state index contributed by atoms with van der Waals surface area (Å²) in [7, 11) is 0. The minimum atomic E-state index is -0.586. The molecule has 7 heteroatoms. The molecule has 2 aliphatic rings. The lowest BCUT2D eigenvalue weighted by Crippen LogP contribution is -2.49. The fourth-order valence-corrected chi connectivity index (χ4v) is 4.64. The van der Waals surface area contributed by atoms with Gasteiger partial charge in [0.1, 0.15) is 11.6 Å². The second-order valence-electron chi connectivity index (χ2n) is 9.32. The first-order chi connectivity index (χ1) is 15.6. The number of amides is 1. The lowest BCUT2D eigenvalue weighted by molar-refractivity contribution is -0.118. The van der Waals surface area contributed by atoms with Crippen molar-refractivity contribution in [2.24, 2.45) is 11.1 Å². The van der Waals surface area contributed by atoms with E-state index in [9.17, 15) is 20.0 Å². The summed E-state index contributed by atoms with van der Waals surface area (Å²) in [5.41, 5.74) is 12.4. The summed E-state index contributed by atoms with van der Waals surface area (Å²) in [5, 5.41) is 21.0. The number of allylic oxidation sites excluding steroid dienone is 3. The van der Waals surface area contributed by atoms with Crippen molar-refractivity contribution in [3.05, 3.63) is 87.9 Å². The highest BCUT2D eigenvalue weighted by molar-refractivity contribution is 6.01. The van der Waals surface area contributed by atoms with Crippen LogP contribution in [-0.4, -0.2) is 21.8 Å². The minimum Gasteiger partial charge on any atom is -0.508 e. The van der Waals surface area contributed by atoms with Crippen LogP contribution in [0.5, 0.6) is 5.75 Å². The average molecular weight is 443 g/mol. The molecule has 0 aromatic heterocycles. The molecular weight excluding hydrogens is 416 g/mol. The Hall–Kier alpha value is -4.05. The molecule has 4 rings (SSSR count). The highest BCUT2D eigenvalue weighted by atomic mass is 16.3. The highest BCUT2D eigenvalue weighted by Crippen LogP contribution is 2.48. The van der Waals surface area contributed by atoms with Crippen LogP contribution in [-0.2, 0) is 4.79 Å². The molecule has 1 aliphatic heterocycles. The predicted octanol–water partition coefficient (Wildman–Crippen LogP) is 3.78. The number of carbonyl (C=O) groups is 2. The van der Waals surface area contributed by atoms with Gasteiger partial charge in [0.15, 0.2) is 5.78 Å². The van der Waals surface area contributed by atoms with E-state index in [4.69, 9.17) is 5.73 Å². The number of phenols is 1. The molecule has 0 radical (unpaired) electrons. The summed E-state index contributed by atoms with van der Waals surface area (Å²) in [6, 6.07) is 15.6. The third kappa shape index (κ3) is 3.96. The zero-order chi connectivity index (χ0) is 23.9. The third-order valence-corrected chi connectivity index (χ3v) is 6.22. The van der Waals surface area contributed by atoms with Crippen LogP contribution < -0.4 is 11.2 Å². The van der Waals surface area contributed by atoms with Crippen LogP contribution in [0, 0.1) is 23.7 Å². The largest absolute Gasteiger partial charge is 0.508 e. The van der Waals surface area contributed by atoms with Gasteiger partial charge in [-0.25, -0.2) is 5.01 Å². The Bertz CT molecular complexity index is 1250. The summed E-state index contributed by atoms with van der Waals surface area (Å²) < 4.78 is 0. The van der Waals surface area contributed by atoms with Crippen LogP contribution >= 0.6 is 0 Å². The number of nitrogens with two attached hydrogens (primary N) is 1. The molecule has 1 aliphatic carbocycles. The first-order valence-electron chi connectivity index (χ1n) is 10.7. The number of nitrogens with zero attached hydrogens (tertiary/aromatic N) is 2. The van der Waals surface area contributed by atoms with Crippen molar-refractivity contribution in [2.75, 3.05) is 0 Å². The zero-order valence-corrected chi connectivity index (χ0v) is 18.8. The molecule has 2 aromatic rings. The van der Waals surface area contributed by atoms with Gasteiger partial charge in [-0.2, -0.15) is 5.26 Å². The first-order valence-corrected chi connectivity index (χ1v) is 10.7. The Kier molecular flexibility index (Phi) is 5.46. The number of rotatable bonds is 3. The number of Topliss-reactive ketones (excluding diaryl/α,β-unsaturated/α-hetero) is 1. The standard InChI is InChI=1S/C26H26N4O3/c1-15-6-4-5-7-18(15)22-19(14-27)24(28)30(20-12-26(2,3)13-21(32)23(20)22)29-25(33)16-8-10-17(31)11-9-16/h4-11,22,31H,12-13,28H2,1-3H3,(H,29,33). The molecule has 0 bridgehead atoms. The number of aromatic hydroxyl groups is 1. The quantitative estimate of drug-likeness (QED) is 0.665. The van der Waals surface area contributed by atoms with Gasteiger partial charge in [-0.1, -0.05) is 38.1 Å². The van der Waals surface area contributed by atoms with Gasteiger partial charge in [0.2, 0.25) is 0 Å². The minimum absolute atomic E-state index is 0.0430. The smallest absolute Gasteiger partial charge is 0.270 e. The Morgan fingerprint density at radius 3 is 2.48 bits per heavy atom. The molecule has 1 heterocycles. The molecule has 1 atom stereocenters. The summed E-state index contributed by atoms with van der Waals surface area (Å²) in [6.45, 7) is 5.94. The number of carbonyl (C=O) groups excluding carboxylic acids is 2. The van der Waals surface area contributed by atoms with Crippen molar-refractivity contribution in [1.29, 1.82) is 5.26 Å². The average Bonchev–Trinajstić information content (AvgIpc) is 2.75. The second kappa shape index (κ2) is 8.14. The van der Waals surface area contributed by atoms with Crippen LogP contribution in [0.15, 0.2) is 71.2 Å². The van der Waals surface area contributed by atoms with Gasteiger partial charge < -0.3 is 10.8 Å². The Morgan fingerprint density at radius 1 is 1.18 bits per heavy atom. The first kappa shape index (κ1) is 22.2. The lowest BCUT2D eigenvalue weighted by Gasteiger charge is -2.43. The number of ketones is 1. The SMILES string of the molecule is Cc1ccccc1C1C(C#N)=C(N)N(NC(=O)c2ccc(O)cc2)C2=C1C(=O)CC(C)(C)C2. The van der Waals surface area contributed by atoms with E-state index in [-0.39, 0.29) is 28.3 Å². The van der Waals surface area contributed by atoms with Crippen LogP contribution in [0.25, 0.3) is 0 Å². The fraction of sp³-hybridized carbons (Fsp3) is 0.269. The zero-order valence-electron chi connectivity index (χ0n) is 18.8. The molecule has 4 N–H and O–H groups in total. The molecule has 1 unspecified atom stereocenters. The predicted molar refractivity (Wildman–Crippen MR) is 123 cm³/mol. The van der Waals surface area contributed by atoms with Gasteiger partial charge >= 0.3 is 0 Å². The number of nitriles is 1. The molecule has 0 spiro atoms. The Labute approximate surface area is 192 Å². The Morgan fingerprint density at radius 2 is 1.85 bits per heavy atom. The molecule has 0 saturated carbocycles. The molecule has 1 amide bonds. The van der Waals surface area contributed by atoms with E-state index in [2.05, 4.69) is 11.5 Å². The maximum atomic E-state index is 13.4. The number of phenolic OH excluding ortho intramolecular Hbond substituents is 1. The van der Waals surface area contributed by atoms with Gasteiger partial charge in [-0.3, -0.25) is 15.0 Å². The van der Waals surface area contributed by atoms with Gasteiger partial charge in [0, 0.05) is 17.6 Å². The van der Waals surface area contributed by atoms with Crippen molar-refractivity contribution in [3.8, 4) is 11.8 Å². The summed E-state index contributed by atoms with van der Waals surface area (Å²) >= 11 is 0. The lowest BCUT2D eigenvalue weighted by atomic mass is 9.68. The normalized spacial score (nSPS) is 19.8. The van der Waals surface area contributed by atoms with Crippen molar-refractivity contribution in [1.82, 2.24) is 10.4 Å². The van der Waals surface area contributed by atoms with E-state index in [0.717, 1.165) is 11.1 Å². The van der Waals surface area contributed by atoms with Crippen molar-refractivity contribution < 1.29 is 14.7 Å². The topological polar surface area (TPSA) is 119 Å². The van der Waals surface area contributed by atoms with Gasteiger partial charge in [-0.15, -0.1) is 0 Å². The fourth-order valence-electron chi connectivity index (χ4n) is 4.64. The van der Waals surface area contributed by atoms with Crippen molar-refractivity contribution >= 4 is 11.7 Å². The molecule has 168 valence electrons. The number of hydrogen-bond acceptors (Lipinski definition) is 6. The summed E-state index contributed by atoms with van der Waals surface area (Å²) in [5.74, 6) is -0.967. The molecule has 7 nitrogen and oxygen atoms in total. The maximum absolute atomic E-state index is 13.4. The van der Waals surface area contributed by atoms with E-state index >= 15 is 0 Å². The summed E-state index contributed by atoms with van der Waals surface area (Å²) in [6.07, 6.45) is 0.846. The number of benzene rings is 2. The number of hydrogen-bond donors (Lipinski definition) is 3. The van der Waals surface area contributed by atoms with Crippen LogP contribution in [0.1, 0.15) is 54.1 Å². The monoisotopic (exact) mass is 442 g/mol. The maximum Gasteiger partial charge on any atom is 0.270 e. The number of nitrogens with one attached hydrogen (secondary N) is 1. The molecular formula is C26H26N4O3. The van der Waals surface area contributed by atoms with Crippen LogP contribution in [0.4, 0.5) is 0 Å². The number of hydrazine groups is 1. The Balaban J connectivity index is 1.87. The summed E-state index contributed by atoms with van der Waals surface area (Å²) in [4.78, 5) is 26.4. The van der Waals surface area contributed by atoms with Gasteiger partial charge in [0.05, 0.1) is 23.3 Å². The van der Waals surface area contributed by atoms with E-state index in [0.29, 0.717) is 29.7 Å². The molecule has 0 saturated heterocycles. The highest BCUT2D eigenvalue weighted by Gasteiger charge is 2.45. The molecule has 0 fully saturated rings.